The zero-order valence-corrected chi connectivity index (χ0v) is 14.3. The molecule has 1 aliphatic rings. The van der Waals surface area contributed by atoms with Gasteiger partial charge in [0.25, 0.3) is 0 Å². The summed E-state index contributed by atoms with van der Waals surface area (Å²) in [6.45, 7) is 6.91. The van der Waals surface area contributed by atoms with Gasteiger partial charge in [-0.2, -0.15) is 0 Å². The number of rotatable bonds is 6. The highest BCUT2D eigenvalue weighted by Crippen LogP contribution is 2.33. The van der Waals surface area contributed by atoms with E-state index in [9.17, 15) is 4.79 Å². The standard InChI is InChI=1S/C16H24N2O3.ClH/c1-4-20-14-8-12-6-7-18(16(19)10-17-3)11-13(12)9-15(14)21-5-2;/h8-9,17H,4-7,10-11H2,1-3H3;1H. The van der Waals surface area contributed by atoms with Crippen LogP contribution in [-0.2, 0) is 17.8 Å². The quantitative estimate of drug-likeness (QED) is 0.868. The van der Waals surface area contributed by atoms with E-state index < -0.39 is 0 Å². The minimum atomic E-state index is 0. The van der Waals surface area contributed by atoms with Crippen molar-refractivity contribution in [3.05, 3.63) is 23.3 Å². The average Bonchev–Trinajstić information content (AvgIpc) is 2.48. The van der Waals surface area contributed by atoms with E-state index in [-0.39, 0.29) is 18.3 Å². The fraction of sp³-hybridized carbons (Fsp3) is 0.562. The van der Waals surface area contributed by atoms with E-state index in [2.05, 4.69) is 11.4 Å². The van der Waals surface area contributed by atoms with Crippen LogP contribution in [0, 0.1) is 0 Å². The molecule has 0 aliphatic carbocycles. The van der Waals surface area contributed by atoms with Gasteiger partial charge in [-0.15, -0.1) is 12.4 Å². The van der Waals surface area contributed by atoms with E-state index in [0.717, 1.165) is 30.0 Å². The van der Waals surface area contributed by atoms with Crippen LogP contribution < -0.4 is 14.8 Å². The van der Waals surface area contributed by atoms with Crippen LogP contribution in [0.15, 0.2) is 12.1 Å². The second-order valence-electron chi connectivity index (χ2n) is 5.03. The van der Waals surface area contributed by atoms with Gasteiger partial charge in [-0.3, -0.25) is 4.79 Å². The first-order valence-corrected chi connectivity index (χ1v) is 7.53. The average molecular weight is 329 g/mol. The van der Waals surface area contributed by atoms with Gasteiger partial charge in [0, 0.05) is 13.1 Å². The number of nitrogens with zero attached hydrogens (tertiary/aromatic N) is 1. The molecule has 0 aromatic heterocycles. The van der Waals surface area contributed by atoms with Crippen LogP contribution in [0.4, 0.5) is 0 Å². The van der Waals surface area contributed by atoms with Crippen molar-refractivity contribution >= 4 is 18.3 Å². The Balaban J connectivity index is 0.00000242. The number of carbonyl (C=O) groups is 1. The number of benzene rings is 1. The third kappa shape index (κ3) is 4.27. The number of hydrogen-bond acceptors (Lipinski definition) is 4. The van der Waals surface area contributed by atoms with Crippen LogP contribution in [0.25, 0.3) is 0 Å². The molecule has 0 saturated heterocycles. The van der Waals surface area contributed by atoms with Gasteiger partial charge in [-0.25, -0.2) is 0 Å². The van der Waals surface area contributed by atoms with Gasteiger partial charge in [0.15, 0.2) is 11.5 Å². The van der Waals surface area contributed by atoms with Crippen molar-refractivity contribution in [3.63, 3.8) is 0 Å². The van der Waals surface area contributed by atoms with E-state index in [0.29, 0.717) is 26.3 Å². The van der Waals surface area contributed by atoms with Crippen molar-refractivity contribution in [1.82, 2.24) is 10.2 Å². The monoisotopic (exact) mass is 328 g/mol. The van der Waals surface area contributed by atoms with Crippen molar-refractivity contribution in [2.24, 2.45) is 0 Å². The molecule has 0 atom stereocenters. The van der Waals surface area contributed by atoms with Crippen molar-refractivity contribution in [2.45, 2.75) is 26.8 Å². The molecule has 1 N–H and O–H groups in total. The van der Waals surface area contributed by atoms with Gasteiger partial charge in [0.05, 0.1) is 19.8 Å². The second kappa shape index (κ2) is 8.86. The maximum absolute atomic E-state index is 12.0. The molecule has 0 unspecified atom stereocenters. The van der Waals surface area contributed by atoms with Crippen LogP contribution in [0.5, 0.6) is 11.5 Å². The smallest absolute Gasteiger partial charge is 0.236 e. The minimum absolute atomic E-state index is 0. The molecular weight excluding hydrogens is 304 g/mol. The number of halogens is 1. The molecule has 1 aliphatic heterocycles. The summed E-state index contributed by atoms with van der Waals surface area (Å²) in [6.07, 6.45) is 0.858. The van der Waals surface area contributed by atoms with E-state index in [1.807, 2.05) is 24.8 Å². The summed E-state index contributed by atoms with van der Waals surface area (Å²) in [4.78, 5) is 13.9. The molecule has 0 radical (unpaired) electrons. The highest BCUT2D eigenvalue weighted by Gasteiger charge is 2.22. The molecule has 1 amide bonds. The highest BCUT2D eigenvalue weighted by molar-refractivity contribution is 5.85. The van der Waals surface area contributed by atoms with Gasteiger partial charge in [0.2, 0.25) is 5.91 Å². The van der Waals surface area contributed by atoms with Gasteiger partial charge in [0.1, 0.15) is 0 Å². The minimum Gasteiger partial charge on any atom is -0.490 e. The van der Waals surface area contributed by atoms with Gasteiger partial charge >= 0.3 is 0 Å². The molecule has 1 aromatic rings. The molecule has 0 fully saturated rings. The first-order chi connectivity index (χ1) is 10.2. The molecule has 22 heavy (non-hydrogen) atoms. The Kier molecular flexibility index (Phi) is 7.48. The zero-order valence-electron chi connectivity index (χ0n) is 13.5. The summed E-state index contributed by atoms with van der Waals surface area (Å²) in [5.41, 5.74) is 2.40. The predicted octanol–water partition coefficient (Wildman–Crippen LogP) is 2.01. The summed E-state index contributed by atoms with van der Waals surface area (Å²) < 4.78 is 11.3. The summed E-state index contributed by atoms with van der Waals surface area (Å²) in [6, 6.07) is 4.08. The molecule has 0 spiro atoms. The van der Waals surface area contributed by atoms with Crippen LogP contribution in [0.1, 0.15) is 25.0 Å². The molecule has 5 nitrogen and oxygen atoms in total. The third-order valence-electron chi connectivity index (χ3n) is 3.56. The summed E-state index contributed by atoms with van der Waals surface area (Å²) in [5.74, 6) is 1.70. The number of fused-ring (bicyclic) bond motifs is 1. The molecule has 1 heterocycles. The second-order valence-corrected chi connectivity index (χ2v) is 5.03. The lowest BCUT2D eigenvalue weighted by molar-refractivity contribution is -0.131. The first-order valence-electron chi connectivity index (χ1n) is 7.53. The van der Waals surface area contributed by atoms with Crippen molar-refractivity contribution in [1.29, 1.82) is 0 Å². The molecule has 124 valence electrons. The molecular formula is C16H25ClN2O3. The Morgan fingerprint density at radius 3 is 2.32 bits per heavy atom. The first kappa shape index (κ1) is 18.6. The van der Waals surface area contributed by atoms with Gasteiger partial charge < -0.3 is 19.7 Å². The Morgan fingerprint density at radius 2 is 1.77 bits per heavy atom. The van der Waals surface area contributed by atoms with E-state index in [1.165, 1.54) is 5.56 Å². The van der Waals surface area contributed by atoms with Crippen LogP contribution in [0.3, 0.4) is 0 Å². The summed E-state index contributed by atoms with van der Waals surface area (Å²) >= 11 is 0. The number of carbonyl (C=O) groups excluding carboxylic acids is 1. The van der Waals surface area contributed by atoms with E-state index >= 15 is 0 Å². The maximum Gasteiger partial charge on any atom is 0.236 e. The number of nitrogens with one attached hydrogen (secondary N) is 1. The summed E-state index contributed by atoms with van der Waals surface area (Å²) in [7, 11) is 1.79. The normalized spacial score (nSPS) is 13.1. The molecule has 0 bridgehead atoms. The van der Waals surface area contributed by atoms with Crippen molar-refractivity contribution < 1.29 is 14.3 Å². The summed E-state index contributed by atoms with van der Waals surface area (Å²) in [5, 5.41) is 2.91. The Bertz CT molecular complexity index is 508. The van der Waals surface area contributed by atoms with E-state index in [4.69, 9.17) is 9.47 Å². The molecule has 0 saturated carbocycles. The van der Waals surface area contributed by atoms with Crippen molar-refractivity contribution in [3.8, 4) is 11.5 Å². The predicted molar refractivity (Wildman–Crippen MR) is 89.1 cm³/mol. The largest absolute Gasteiger partial charge is 0.490 e. The highest BCUT2D eigenvalue weighted by atomic mass is 35.5. The fourth-order valence-electron chi connectivity index (χ4n) is 2.58. The van der Waals surface area contributed by atoms with Crippen LogP contribution >= 0.6 is 12.4 Å². The van der Waals surface area contributed by atoms with Crippen LogP contribution in [0.2, 0.25) is 0 Å². The van der Waals surface area contributed by atoms with Crippen molar-refractivity contribution in [2.75, 3.05) is 33.4 Å². The lowest BCUT2D eigenvalue weighted by Crippen LogP contribution is -2.40. The van der Waals surface area contributed by atoms with Gasteiger partial charge in [-0.1, -0.05) is 0 Å². The molecule has 1 aromatic carbocycles. The number of amides is 1. The lowest BCUT2D eigenvalue weighted by atomic mass is 9.98. The Hall–Kier alpha value is -1.46. The molecule has 2 rings (SSSR count). The fourth-order valence-corrected chi connectivity index (χ4v) is 2.58. The lowest BCUT2D eigenvalue weighted by Gasteiger charge is -2.29. The SMILES string of the molecule is CCOc1cc2c(cc1OCC)CN(C(=O)CNC)CC2.Cl. The Labute approximate surface area is 138 Å². The van der Waals surface area contributed by atoms with Crippen LogP contribution in [-0.4, -0.2) is 44.2 Å². The molecule has 6 heteroatoms. The number of likely N-dealkylation sites (N-methyl/N-ethyl adjacent to an activating group) is 1. The third-order valence-corrected chi connectivity index (χ3v) is 3.56. The van der Waals surface area contributed by atoms with Gasteiger partial charge in [-0.05, 0) is 50.6 Å². The topological polar surface area (TPSA) is 50.8 Å². The number of ether oxygens (including phenoxy) is 2. The van der Waals surface area contributed by atoms with E-state index in [1.54, 1.807) is 7.05 Å². The number of hydrogen-bond donors (Lipinski definition) is 1. The Morgan fingerprint density at radius 1 is 1.18 bits per heavy atom. The zero-order chi connectivity index (χ0) is 15.2. The maximum atomic E-state index is 12.0.